The van der Waals surface area contributed by atoms with E-state index in [1.54, 1.807) is 19.1 Å². The number of nitro benzene ring substituents is 1. The van der Waals surface area contributed by atoms with Crippen LogP contribution in [-0.2, 0) is 4.79 Å². The fraction of sp³-hybridized carbons (Fsp3) is 0.300. The van der Waals surface area contributed by atoms with Gasteiger partial charge in [0.1, 0.15) is 0 Å². The Balaban J connectivity index is 2.71. The molecule has 0 saturated heterocycles. The lowest BCUT2D eigenvalue weighted by Crippen LogP contribution is -2.07. The van der Waals surface area contributed by atoms with Gasteiger partial charge in [-0.05, 0) is 13.0 Å². The molecule has 1 rings (SSSR count). The second kappa shape index (κ2) is 5.11. The first kappa shape index (κ1) is 12.0. The lowest BCUT2D eigenvalue weighted by Gasteiger charge is -2.05. The standard InChI is InChI=1S/C10H12N2O4/c1-7-2-3-8(6-9(7)12(15)16)11-5-4-10(13)14/h2-3,6,11H,4-5H2,1H3,(H,13,14). The zero-order chi connectivity index (χ0) is 12.1. The second-order valence-electron chi connectivity index (χ2n) is 3.33. The van der Waals surface area contributed by atoms with E-state index >= 15 is 0 Å². The van der Waals surface area contributed by atoms with Crippen LogP contribution in [-0.4, -0.2) is 22.5 Å². The Morgan fingerprint density at radius 1 is 1.56 bits per heavy atom. The number of anilines is 1. The van der Waals surface area contributed by atoms with Crippen LogP contribution in [0.15, 0.2) is 18.2 Å². The van der Waals surface area contributed by atoms with Crippen LogP contribution in [0.5, 0.6) is 0 Å². The summed E-state index contributed by atoms with van der Waals surface area (Å²) >= 11 is 0. The highest BCUT2D eigenvalue weighted by Crippen LogP contribution is 2.22. The summed E-state index contributed by atoms with van der Waals surface area (Å²) in [5, 5.41) is 21.9. The molecule has 0 heterocycles. The molecule has 16 heavy (non-hydrogen) atoms. The fourth-order valence-corrected chi connectivity index (χ4v) is 1.23. The van der Waals surface area contributed by atoms with Gasteiger partial charge in [0.2, 0.25) is 0 Å². The van der Waals surface area contributed by atoms with Crippen molar-refractivity contribution in [1.82, 2.24) is 0 Å². The van der Waals surface area contributed by atoms with Crippen molar-refractivity contribution in [2.24, 2.45) is 0 Å². The minimum Gasteiger partial charge on any atom is -0.481 e. The van der Waals surface area contributed by atoms with E-state index in [2.05, 4.69) is 5.32 Å². The van der Waals surface area contributed by atoms with Gasteiger partial charge in [-0.15, -0.1) is 0 Å². The number of carbonyl (C=O) groups is 1. The maximum absolute atomic E-state index is 10.6. The van der Waals surface area contributed by atoms with Crippen LogP contribution in [0.25, 0.3) is 0 Å². The number of rotatable bonds is 5. The van der Waals surface area contributed by atoms with Crippen molar-refractivity contribution in [3.63, 3.8) is 0 Å². The summed E-state index contributed by atoms with van der Waals surface area (Å²) in [5.74, 6) is -0.908. The van der Waals surface area contributed by atoms with E-state index < -0.39 is 10.9 Å². The number of nitro groups is 1. The van der Waals surface area contributed by atoms with Crippen molar-refractivity contribution in [2.45, 2.75) is 13.3 Å². The molecule has 0 fully saturated rings. The van der Waals surface area contributed by atoms with Gasteiger partial charge in [-0.3, -0.25) is 14.9 Å². The van der Waals surface area contributed by atoms with Crippen molar-refractivity contribution >= 4 is 17.3 Å². The smallest absolute Gasteiger partial charge is 0.305 e. The fourth-order valence-electron chi connectivity index (χ4n) is 1.23. The van der Waals surface area contributed by atoms with Crippen LogP contribution in [0, 0.1) is 17.0 Å². The number of hydrogen-bond donors (Lipinski definition) is 2. The van der Waals surface area contributed by atoms with E-state index in [-0.39, 0.29) is 18.7 Å². The van der Waals surface area contributed by atoms with Crippen LogP contribution in [0.2, 0.25) is 0 Å². The normalized spacial score (nSPS) is 9.81. The van der Waals surface area contributed by atoms with Gasteiger partial charge < -0.3 is 10.4 Å². The first-order chi connectivity index (χ1) is 7.50. The Labute approximate surface area is 92.0 Å². The molecule has 0 amide bonds. The van der Waals surface area contributed by atoms with E-state index in [4.69, 9.17) is 5.11 Å². The summed E-state index contributed by atoms with van der Waals surface area (Å²) in [4.78, 5) is 20.4. The van der Waals surface area contributed by atoms with Gasteiger partial charge >= 0.3 is 5.97 Å². The summed E-state index contributed by atoms with van der Waals surface area (Å²) < 4.78 is 0. The molecule has 0 spiro atoms. The van der Waals surface area contributed by atoms with Gasteiger partial charge in [-0.25, -0.2) is 0 Å². The molecule has 6 heteroatoms. The van der Waals surface area contributed by atoms with Crippen LogP contribution in [0.3, 0.4) is 0 Å². The molecule has 1 aromatic carbocycles. The quantitative estimate of drug-likeness (QED) is 0.587. The molecule has 0 unspecified atom stereocenters. The number of aryl methyl sites for hydroxylation is 1. The third kappa shape index (κ3) is 3.23. The Bertz CT molecular complexity index is 417. The van der Waals surface area contributed by atoms with Crippen molar-refractivity contribution in [1.29, 1.82) is 0 Å². The van der Waals surface area contributed by atoms with E-state index in [1.165, 1.54) is 6.07 Å². The number of nitrogens with zero attached hydrogens (tertiary/aromatic N) is 1. The number of nitrogens with one attached hydrogen (secondary N) is 1. The molecule has 86 valence electrons. The average Bonchev–Trinajstić information content (AvgIpc) is 2.19. The van der Waals surface area contributed by atoms with Gasteiger partial charge in [-0.1, -0.05) is 6.07 Å². The topological polar surface area (TPSA) is 92.5 Å². The third-order valence-corrected chi connectivity index (χ3v) is 2.07. The lowest BCUT2D eigenvalue weighted by molar-refractivity contribution is -0.385. The van der Waals surface area contributed by atoms with Crippen LogP contribution in [0.1, 0.15) is 12.0 Å². The summed E-state index contributed by atoms with van der Waals surface area (Å²) in [7, 11) is 0. The molecule has 0 aliphatic heterocycles. The first-order valence-corrected chi connectivity index (χ1v) is 4.71. The highest BCUT2D eigenvalue weighted by molar-refractivity contribution is 5.67. The number of carboxylic acids is 1. The van der Waals surface area contributed by atoms with Gasteiger partial charge in [-0.2, -0.15) is 0 Å². The van der Waals surface area contributed by atoms with E-state index in [0.717, 1.165) is 0 Å². The molecular weight excluding hydrogens is 212 g/mol. The molecule has 0 aromatic heterocycles. The Morgan fingerprint density at radius 3 is 2.81 bits per heavy atom. The summed E-state index contributed by atoms with van der Waals surface area (Å²) in [6.07, 6.45) is -0.0261. The minimum absolute atomic E-state index is 0.0261. The Morgan fingerprint density at radius 2 is 2.25 bits per heavy atom. The number of benzene rings is 1. The lowest BCUT2D eigenvalue weighted by atomic mass is 10.2. The summed E-state index contributed by atoms with van der Waals surface area (Å²) in [5.41, 5.74) is 1.16. The van der Waals surface area contributed by atoms with Gasteiger partial charge in [0.15, 0.2) is 0 Å². The molecule has 0 aliphatic carbocycles. The Hall–Kier alpha value is -2.11. The second-order valence-corrected chi connectivity index (χ2v) is 3.33. The Kier molecular flexibility index (Phi) is 3.82. The van der Waals surface area contributed by atoms with Crippen LogP contribution >= 0.6 is 0 Å². The summed E-state index contributed by atoms with van der Waals surface area (Å²) in [6.45, 7) is 1.90. The number of aliphatic carboxylic acids is 1. The highest BCUT2D eigenvalue weighted by Gasteiger charge is 2.10. The largest absolute Gasteiger partial charge is 0.481 e. The predicted octanol–water partition coefficient (Wildman–Crippen LogP) is 1.79. The molecule has 6 nitrogen and oxygen atoms in total. The molecule has 0 saturated carbocycles. The third-order valence-electron chi connectivity index (χ3n) is 2.07. The highest BCUT2D eigenvalue weighted by atomic mass is 16.6. The van der Waals surface area contributed by atoms with Gasteiger partial charge in [0.25, 0.3) is 5.69 Å². The van der Waals surface area contributed by atoms with Crippen LogP contribution < -0.4 is 5.32 Å². The molecule has 0 atom stereocenters. The number of carboxylic acid groups (broad SMARTS) is 1. The summed E-state index contributed by atoms with van der Waals surface area (Å²) in [6, 6.07) is 4.71. The average molecular weight is 224 g/mol. The first-order valence-electron chi connectivity index (χ1n) is 4.71. The molecule has 0 bridgehead atoms. The maximum atomic E-state index is 10.6. The van der Waals surface area contributed by atoms with Crippen molar-refractivity contribution in [3.05, 3.63) is 33.9 Å². The molecule has 1 aromatic rings. The monoisotopic (exact) mass is 224 g/mol. The molecule has 0 aliphatic rings. The van der Waals surface area contributed by atoms with Gasteiger partial charge in [0.05, 0.1) is 11.3 Å². The van der Waals surface area contributed by atoms with E-state index in [0.29, 0.717) is 11.3 Å². The maximum Gasteiger partial charge on any atom is 0.305 e. The van der Waals surface area contributed by atoms with E-state index in [1.807, 2.05) is 0 Å². The molecule has 0 radical (unpaired) electrons. The van der Waals surface area contributed by atoms with Gasteiger partial charge in [0, 0.05) is 23.9 Å². The van der Waals surface area contributed by atoms with Crippen LogP contribution in [0.4, 0.5) is 11.4 Å². The zero-order valence-corrected chi connectivity index (χ0v) is 8.77. The SMILES string of the molecule is Cc1ccc(NCCC(=O)O)cc1[N+](=O)[O-]. The van der Waals surface area contributed by atoms with E-state index in [9.17, 15) is 14.9 Å². The molecule has 2 N–H and O–H groups in total. The zero-order valence-electron chi connectivity index (χ0n) is 8.77. The van der Waals surface area contributed by atoms with Crippen molar-refractivity contribution in [2.75, 3.05) is 11.9 Å². The van der Waals surface area contributed by atoms with Crippen molar-refractivity contribution in [3.8, 4) is 0 Å². The number of hydrogen-bond acceptors (Lipinski definition) is 4. The molecular formula is C10H12N2O4. The minimum atomic E-state index is -0.908. The van der Waals surface area contributed by atoms with Crippen molar-refractivity contribution < 1.29 is 14.8 Å². The predicted molar refractivity (Wildman–Crippen MR) is 58.6 cm³/mol.